The Labute approximate surface area is 141 Å². The number of ether oxygens (including phenoxy) is 1. The lowest BCUT2D eigenvalue weighted by atomic mass is 10.1. The van der Waals surface area contributed by atoms with Crippen LogP contribution in [-0.2, 0) is 13.2 Å². The summed E-state index contributed by atoms with van der Waals surface area (Å²) in [6.07, 6.45) is -0.898. The molecule has 1 saturated heterocycles. The van der Waals surface area contributed by atoms with Gasteiger partial charge in [-0.25, -0.2) is 4.79 Å². The number of halogens is 2. The number of hydrogen-bond acceptors (Lipinski definition) is 4. The van der Waals surface area contributed by atoms with E-state index in [1.165, 1.54) is 4.90 Å². The summed E-state index contributed by atoms with van der Waals surface area (Å²) in [4.78, 5) is 14.7. The zero-order valence-corrected chi connectivity index (χ0v) is 14.1. The third-order valence-corrected chi connectivity index (χ3v) is 5.65. The van der Waals surface area contributed by atoms with Gasteiger partial charge in [-0.3, -0.25) is 4.90 Å². The molecule has 1 fully saturated rings. The van der Waals surface area contributed by atoms with Gasteiger partial charge in [-0.1, -0.05) is 11.6 Å². The highest BCUT2D eigenvalue weighted by atomic mass is 79.9. The minimum Gasteiger partial charge on any atom is -0.490 e. The second-order valence-corrected chi connectivity index (χ2v) is 6.64. The van der Waals surface area contributed by atoms with Crippen LogP contribution in [-0.4, -0.2) is 58.4 Å². The molecule has 8 heteroatoms. The molecule has 0 aromatic heterocycles. The number of piperazine rings is 1. The standard InChI is InChI=1S/C14H16BrClN2O4/c15-11-9(6-19)3-8-4-17-1-2-18(14(20)21)5-10(17)7-22-13(8)12(11)16/h3,10,19H,1-2,4-7H2,(H,20,21)/t10-/m1/s1. The number of carbonyl (C=O) groups is 1. The van der Waals surface area contributed by atoms with Gasteiger partial charge in [0.25, 0.3) is 0 Å². The Balaban J connectivity index is 1.89. The number of aliphatic hydroxyl groups excluding tert-OH is 1. The lowest BCUT2D eigenvalue weighted by Gasteiger charge is -2.38. The van der Waals surface area contributed by atoms with Gasteiger partial charge in [0.15, 0.2) is 0 Å². The van der Waals surface area contributed by atoms with Crippen molar-refractivity contribution < 1.29 is 19.7 Å². The van der Waals surface area contributed by atoms with Crippen molar-refractivity contribution >= 4 is 33.6 Å². The average molecular weight is 392 g/mol. The van der Waals surface area contributed by atoms with Crippen LogP contribution in [0.25, 0.3) is 0 Å². The number of fused-ring (bicyclic) bond motifs is 2. The molecule has 0 saturated carbocycles. The smallest absolute Gasteiger partial charge is 0.407 e. The van der Waals surface area contributed by atoms with Gasteiger partial charge >= 0.3 is 6.09 Å². The molecule has 6 nitrogen and oxygen atoms in total. The lowest BCUT2D eigenvalue weighted by molar-refractivity contribution is 0.0503. The minimum absolute atomic E-state index is 0.00432. The molecule has 1 aromatic rings. The Kier molecular flexibility index (Phi) is 4.49. The molecular weight excluding hydrogens is 376 g/mol. The highest BCUT2D eigenvalue weighted by molar-refractivity contribution is 9.10. The molecule has 0 spiro atoms. The maximum Gasteiger partial charge on any atom is 0.407 e. The van der Waals surface area contributed by atoms with Crippen molar-refractivity contribution in [3.8, 4) is 5.75 Å². The summed E-state index contributed by atoms with van der Waals surface area (Å²) in [5, 5.41) is 19.0. The van der Waals surface area contributed by atoms with E-state index in [4.69, 9.17) is 21.4 Å². The zero-order valence-electron chi connectivity index (χ0n) is 11.8. The first-order chi connectivity index (χ1) is 10.5. The van der Waals surface area contributed by atoms with E-state index in [0.29, 0.717) is 48.0 Å². The van der Waals surface area contributed by atoms with E-state index >= 15 is 0 Å². The molecule has 0 aliphatic carbocycles. The molecule has 2 N–H and O–H groups in total. The number of rotatable bonds is 1. The second kappa shape index (κ2) is 6.23. The van der Waals surface area contributed by atoms with Crippen molar-refractivity contribution in [2.24, 2.45) is 0 Å². The third kappa shape index (κ3) is 2.78. The van der Waals surface area contributed by atoms with Crippen molar-refractivity contribution in [2.75, 3.05) is 26.2 Å². The maximum atomic E-state index is 11.1. The molecule has 2 aliphatic heterocycles. The van der Waals surface area contributed by atoms with Crippen LogP contribution in [0.2, 0.25) is 5.02 Å². The van der Waals surface area contributed by atoms with E-state index < -0.39 is 6.09 Å². The van der Waals surface area contributed by atoms with E-state index in [0.717, 1.165) is 11.1 Å². The number of nitrogens with zero attached hydrogens (tertiary/aromatic N) is 2. The largest absolute Gasteiger partial charge is 0.490 e. The van der Waals surface area contributed by atoms with Crippen molar-refractivity contribution in [2.45, 2.75) is 19.2 Å². The Bertz CT molecular complexity index is 613. The summed E-state index contributed by atoms with van der Waals surface area (Å²) in [5.74, 6) is 0.613. The molecule has 3 rings (SSSR count). The van der Waals surface area contributed by atoms with Crippen LogP contribution in [0.4, 0.5) is 4.79 Å². The van der Waals surface area contributed by atoms with Crippen LogP contribution in [0, 0.1) is 0 Å². The van der Waals surface area contributed by atoms with Crippen LogP contribution in [0.1, 0.15) is 11.1 Å². The Morgan fingerprint density at radius 2 is 2.27 bits per heavy atom. The first-order valence-corrected chi connectivity index (χ1v) is 8.13. The molecule has 0 bridgehead atoms. The van der Waals surface area contributed by atoms with Gasteiger partial charge < -0.3 is 19.8 Å². The SMILES string of the molecule is O=C(O)N1CCN2Cc3cc(CO)c(Br)c(Cl)c3OC[C@H]2C1. The molecule has 2 aliphatic rings. The quantitative estimate of drug-likeness (QED) is 0.767. The lowest BCUT2D eigenvalue weighted by Crippen LogP contribution is -2.55. The number of aliphatic hydroxyl groups is 1. The summed E-state index contributed by atoms with van der Waals surface area (Å²) >= 11 is 9.72. The van der Waals surface area contributed by atoms with Gasteiger partial charge in [0, 0.05) is 36.2 Å². The Hall–Kier alpha value is -1.02. The first-order valence-electron chi connectivity index (χ1n) is 6.96. The summed E-state index contributed by atoms with van der Waals surface area (Å²) in [6.45, 7) is 2.48. The van der Waals surface area contributed by atoms with Gasteiger partial charge in [-0.2, -0.15) is 0 Å². The number of hydrogen-bond donors (Lipinski definition) is 2. The van der Waals surface area contributed by atoms with Crippen molar-refractivity contribution in [3.63, 3.8) is 0 Å². The van der Waals surface area contributed by atoms with Crippen molar-refractivity contribution in [3.05, 3.63) is 26.7 Å². The molecule has 120 valence electrons. The fourth-order valence-electron chi connectivity index (χ4n) is 2.94. The van der Waals surface area contributed by atoms with Crippen LogP contribution in [0.15, 0.2) is 10.5 Å². The summed E-state index contributed by atoms with van der Waals surface area (Å²) in [7, 11) is 0. The van der Waals surface area contributed by atoms with Crippen LogP contribution in [0.3, 0.4) is 0 Å². The summed E-state index contributed by atoms with van der Waals surface area (Å²) < 4.78 is 6.49. The van der Waals surface area contributed by atoms with E-state index in [-0.39, 0.29) is 12.6 Å². The van der Waals surface area contributed by atoms with Gasteiger partial charge in [0.2, 0.25) is 0 Å². The molecule has 1 aromatic carbocycles. The fraction of sp³-hybridized carbons (Fsp3) is 0.500. The number of benzene rings is 1. The first kappa shape index (κ1) is 15.9. The normalized spacial score (nSPS) is 21.6. The molecule has 1 amide bonds. The van der Waals surface area contributed by atoms with Crippen molar-refractivity contribution in [1.29, 1.82) is 0 Å². The third-order valence-electron chi connectivity index (χ3n) is 4.15. The molecule has 0 unspecified atom stereocenters. The molecule has 1 atom stereocenters. The van der Waals surface area contributed by atoms with Crippen molar-refractivity contribution in [1.82, 2.24) is 9.80 Å². The van der Waals surface area contributed by atoms with Gasteiger partial charge in [-0.15, -0.1) is 0 Å². The fourth-order valence-corrected chi connectivity index (χ4v) is 3.66. The van der Waals surface area contributed by atoms with Crippen LogP contribution < -0.4 is 4.74 Å². The Morgan fingerprint density at radius 3 is 2.95 bits per heavy atom. The number of amides is 1. The van der Waals surface area contributed by atoms with Gasteiger partial charge in [0.1, 0.15) is 12.4 Å². The van der Waals surface area contributed by atoms with Gasteiger partial charge in [0.05, 0.1) is 17.7 Å². The Morgan fingerprint density at radius 1 is 1.50 bits per heavy atom. The second-order valence-electron chi connectivity index (χ2n) is 5.47. The highest BCUT2D eigenvalue weighted by Crippen LogP contribution is 2.40. The van der Waals surface area contributed by atoms with Gasteiger partial charge in [-0.05, 0) is 27.6 Å². The van der Waals surface area contributed by atoms with Crippen LogP contribution >= 0.6 is 27.5 Å². The topological polar surface area (TPSA) is 73.2 Å². The molecule has 0 radical (unpaired) electrons. The molecule has 2 heterocycles. The van der Waals surface area contributed by atoms with E-state index in [1.807, 2.05) is 6.07 Å². The predicted molar refractivity (Wildman–Crippen MR) is 84.4 cm³/mol. The maximum absolute atomic E-state index is 11.1. The molecular formula is C14H16BrClN2O4. The van der Waals surface area contributed by atoms with Crippen LogP contribution in [0.5, 0.6) is 5.75 Å². The average Bonchev–Trinajstić information content (AvgIpc) is 2.69. The zero-order chi connectivity index (χ0) is 15.9. The van der Waals surface area contributed by atoms with E-state index in [9.17, 15) is 9.90 Å². The van der Waals surface area contributed by atoms with E-state index in [2.05, 4.69) is 20.8 Å². The predicted octanol–water partition coefficient (Wildman–Crippen LogP) is 2.15. The number of carboxylic acid groups (broad SMARTS) is 1. The molecule has 22 heavy (non-hydrogen) atoms. The summed E-state index contributed by atoms with van der Waals surface area (Å²) in [5.41, 5.74) is 1.64. The monoisotopic (exact) mass is 390 g/mol. The highest BCUT2D eigenvalue weighted by Gasteiger charge is 2.33. The minimum atomic E-state index is -0.898. The van der Waals surface area contributed by atoms with E-state index in [1.54, 1.807) is 0 Å². The summed E-state index contributed by atoms with van der Waals surface area (Å²) in [6, 6.07) is 1.89.